The molecule has 0 bridgehead atoms. The van der Waals surface area contributed by atoms with Crippen molar-refractivity contribution in [2.45, 2.75) is 6.92 Å². The number of hydrogen-bond donors (Lipinski definition) is 2. The van der Waals surface area contributed by atoms with Crippen molar-refractivity contribution in [3.05, 3.63) is 29.1 Å². The molecule has 0 fully saturated rings. The summed E-state index contributed by atoms with van der Waals surface area (Å²) in [6.45, 7) is 2.01. The first-order valence-corrected chi connectivity index (χ1v) is 4.64. The van der Waals surface area contributed by atoms with Crippen molar-refractivity contribution >= 4 is 12.4 Å². The summed E-state index contributed by atoms with van der Waals surface area (Å²) in [6, 6.07) is 3.91. The van der Waals surface area contributed by atoms with Crippen LogP contribution in [0.4, 0.5) is 0 Å². The number of hydrazone groups is 2. The quantitative estimate of drug-likeness (QED) is 0.426. The van der Waals surface area contributed by atoms with Crippen LogP contribution in [0.3, 0.4) is 0 Å². The Morgan fingerprint density at radius 3 is 1.72 bits per heavy atom. The van der Waals surface area contributed by atoms with Crippen LogP contribution in [-0.2, 0) is 16.8 Å². The van der Waals surface area contributed by atoms with Crippen molar-refractivity contribution in [3.63, 3.8) is 0 Å². The second-order valence-electron chi connectivity index (χ2n) is 2.96. The average molecular weight is 335 g/mol. The SMILES string of the molecule is CNN=Cc1cc(C)cc(C=NNC)n1.[Cl-].[Cl-].[Co+2]. The fourth-order valence-corrected chi connectivity index (χ4v) is 1.12. The summed E-state index contributed by atoms with van der Waals surface area (Å²) in [6.07, 6.45) is 3.34. The van der Waals surface area contributed by atoms with Crippen LogP contribution in [0.15, 0.2) is 22.3 Å². The van der Waals surface area contributed by atoms with Gasteiger partial charge >= 0.3 is 16.8 Å². The minimum absolute atomic E-state index is 0. The zero-order chi connectivity index (χ0) is 11.1. The van der Waals surface area contributed by atoms with Crippen molar-refractivity contribution < 1.29 is 41.6 Å². The Balaban J connectivity index is -0.000000750. The largest absolute Gasteiger partial charge is 2.00 e. The molecule has 5 nitrogen and oxygen atoms in total. The van der Waals surface area contributed by atoms with Crippen molar-refractivity contribution in [3.8, 4) is 0 Å². The molecule has 0 atom stereocenters. The molecule has 1 heterocycles. The van der Waals surface area contributed by atoms with Gasteiger partial charge in [-0.25, -0.2) is 4.98 Å². The number of halogens is 2. The molecule has 18 heavy (non-hydrogen) atoms. The van der Waals surface area contributed by atoms with Gasteiger partial charge in [0.15, 0.2) is 0 Å². The minimum Gasteiger partial charge on any atom is -1.00 e. The topological polar surface area (TPSA) is 61.7 Å². The number of hydrogen-bond acceptors (Lipinski definition) is 5. The zero-order valence-electron chi connectivity index (χ0n) is 10.2. The van der Waals surface area contributed by atoms with E-state index in [0.717, 1.165) is 17.0 Å². The van der Waals surface area contributed by atoms with Crippen LogP contribution in [0, 0.1) is 6.92 Å². The molecule has 103 valence electrons. The Bertz CT molecular complexity index is 352. The van der Waals surface area contributed by atoms with E-state index in [1.165, 1.54) is 0 Å². The van der Waals surface area contributed by atoms with Gasteiger partial charge in [0.1, 0.15) is 0 Å². The maximum atomic E-state index is 4.33. The summed E-state index contributed by atoms with van der Waals surface area (Å²) in [4.78, 5) is 4.33. The van der Waals surface area contributed by atoms with Gasteiger partial charge in [-0.1, -0.05) is 0 Å². The maximum Gasteiger partial charge on any atom is 2.00 e. The van der Waals surface area contributed by atoms with Gasteiger partial charge in [0, 0.05) is 14.1 Å². The summed E-state index contributed by atoms with van der Waals surface area (Å²) in [5.41, 5.74) is 8.10. The van der Waals surface area contributed by atoms with E-state index in [0.29, 0.717) is 0 Å². The molecule has 1 aromatic heterocycles. The fourth-order valence-electron chi connectivity index (χ4n) is 1.12. The van der Waals surface area contributed by atoms with Crippen LogP contribution in [0.1, 0.15) is 17.0 Å². The van der Waals surface area contributed by atoms with E-state index in [1.807, 2.05) is 19.1 Å². The monoisotopic (exact) mass is 334 g/mol. The molecule has 0 spiro atoms. The molecule has 0 unspecified atom stereocenters. The zero-order valence-corrected chi connectivity index (χ0v) is 12.8. The molecule has 1 aromatic rings. The van der Waals surface area contributed by atoms with Gasteiger partial charge < -0.3 is 35.7 Å². The van der Waals surface area contributed by atoms with Crippen LogP contribution in [0.2, 0.25) is 0 Å². The number of nitrogens with zero attached hydrogens (tertiary/aromatic N) is 3. The molecule has 0 amide bonds. The van der Waals surface area contributed by atoms with Crippen LogP contribution in [0.5, 0.6) is 0 Å². The van der Waals surface area contributed by atoms with Crippen molar-refractivity contribution in [1.29, 1.82) is 0 Å². The molecule has 0 aromatic carbocycles. The molecule has 2 N–H and O–H groups in total. The van der Waals surface area contributed by atoms with Gasteiger partial charge in [-0.3, -0.25) is 0 Å². The van der Waals surface area contributed by atoms with E-state index in [4.69, 9.17) is 0 Å². The number of aryl methyl sites for hydroxylation is 1. The van der Waals surface area contributed by atoms with Gasteiger partial charge in [-0.05, 0) is 24.6 Å². The van der Waals surface area contributed by atoms with Gasteiger partial charge in [0.05, 0.1) is 23.8 Å². The number of nitrogens with one attached hydrogen (secondary N) is 2. The van der Waals surface area contributed by atoms with Crippen LogP contribution >= 0.6 is 0 Å². The average Bonchev–Trinajstić information content (AvgIpc) is 2.23. The summed E-state index contributed by atoms with van der Waals surface area (Å²) in [7, 11) is 3.49. The van der Waals surface area contributed by atoms with E-state index >= 15 is 0 Å². The van der Waals surface area contributed by atoms with Gasteiger partial charge in [0.2, 0.25) is 0 Å². The number of rotatable bonds is 4. The molecule has 0 aliphatic rings. The standard InChI is InChI=1S/C10H15N5.2ClH.Co/c1-8-4-9(6-13-11-2)15-10(5-8)7-14-12-3;;;/h4-7,11-12H,1-3H3;2*1H;/q;;;+2/p-2. The van der Waals surface area contributed by atoms with E-state index in [2.05, 4.69) is 26.0 Å². The van der Waals surface area contributed by atoms with Crippen molar-refractivity contribution in [1.82, 2.24) is 15.8 Å². The second kappa shape index (κ2) is 12.6. The van der Waals surface area contributed by atoms with Gasteiger partial charge in [0.25, 0.3) is 0 Å². The molecule has 1 radical (unpaired) electrons. The third kappa shape index (κ3) is 8.29. The first-order valence-electron chi connectivity index (χ1n) is 4.64. The molecule has 0 saturated carbocycles. The summed E-state index contributed by atoms with van der Waals surface area (Å²) in [5, 5.41) is 7.81. The van der Waals surface area contributed by atoms with Gasteiger partial charge in [-0.15, -0.1) is 0 Å². The maximum absolute atomic E-state index is 4.33. The van der Waals surface area contributed by atoms with Gasteiger partial charge in [-0.2, -0.15) is 10.2 Å². The van der Waals surface area contributed by atoms with Crippen LogP contribution in [-0.4, -0.2) is 31.5 Å². The predicted octanol–water partition coefficient (Wildman–Crippen LogP) is -5.50. The van der Waals surface area contributed by atoms with Crippen LogP contribution < -0.4 is 35.7 Å². The Labute approximate surface area is 130 Å². The van der Waals surface area contributed by atoms with Crippen molar-refractivity contribution in [2.24, 2.45) is 10.2 Å². The van der Waals surface area contributed by atoms with E-state index in [9.17, 15) is 0 Å². The minimum atomic E-state index is 0. The molecule has 0 aliphatic carbocycles. The van der Waals surface area contributed by atoms with E-state index in [-0.39, 0.29) is 41.6 Å². The first kappa shape index (κ1) is 22.4. The summed E-state index contributed by atoms with van der Waals surface area (Å²) < 4.78 is 0. The molecule has 8 heteroatoms. The number of aromatic nitrogens is 1. The second-order valence-corrected chi connectivity index (χ2v) is 2.96. The Hall–Kier alpha value is -0.824. The molecular formula is C10H15Cl2CoN5. The van der Waals surface area contributed by atoms with Crippen molar-refractivity contribution in [2.75, 3.05) is 14.1 Å². The predicted molar refractivity (Wildman–Crippen MR) is 62.3 cm³/mol. The first-order chi connectivity index (χ1) is 7.26. The fraction of sp³-hybridized carbons (Fsp3) is 0.300. The molecule has 0 aliphatic heterocycles. The molecule has 0 saturated heterocycles. The summed E-state index contributed by atoms with van der Waals surface area (Å²) in [5.74, 6) is 0. The third-order valence-corrected chi connectivity index (χ3v) is 1.66. The Morgan fingerprint density at radius 2 is 1.39 bits per heavy atom. The molecule has 1 rings (SSSR count). The third-order valence-electron chi connectivity index (χ3n) is 1.66. The smallest absolute Gasteiger partial charge is 1.00 e. The number of pyridine rings is 1. The molecular weight excluding hydrogens is 320 g/mol. The van der Waals surface area contributed by atoms with Crippen LogP contribution in [0.25, 0.3) is 0 Å². The normalized spacial score (nSPS) is 9.28. The Morgan fingerprint density at radius 1 is 1.00 bits per heavy atom. The summed E-state index contributed by atoms with van der Waals surface area (Å²) >= 11 is 0. The van der Waals surface area contributed by atoms with E-state index < -0.39 is 0 Å². The van der Waals surface area contributed by atoms with E-state index in [1.54, 1.807) is 26.5 Å². The Kier molecular flexibility index (Phi) is 15.7.